The Morgan fingerprint density at radius 2 is 1.86 bits per heavy atom. The second-order valence-corrected chi connectivity index (χ2v) is 5.91. The van der Waals surface area contributed by atoms with Crippen LogP contribution in [0.2, 0.25) is 0 Å². The fourth-order valence-corrected chi connectivity index (χ4v) is 3.24. The van der Waals surface area contributed by atoms with Crippen LogP contribution in [-0.4, -0.2) is 19.0 Å². The van der Waals surface area contributed by atoms with Gasteiger partial charge in [0, 0.05) is 23.7 Å². The van der Waals surface area contributed by atoms with Gasteiger partial charge in [-0.2, -0.15) is 0 Å². The number of aliphatic imine (C=N–C) groups is 1. The van der Waals surface area contributed by atoms with Crippen molar-refractivity contribution in [2.24, 2.45) is 4.99 Å². The van der Waals surface area contributed by atoms with Gasteiger partial charge in [-0.15, -0.1) is 11.8 Å². The number of rotatable bonds is 5. The van der Waals surface area contributed by atoms with E-state index in [4.69, 9.17) is 0 Å². The zero-order valence-electron chi connectivity index (χ0n) is 11.9. The van der Waals surface area contributed by atoms with Gasteiger partial charge in [-0.25, -0.2) is 0 Å². The highest BCUT2D eigenvalue weighted by molar-refractivity contribution is 7.98. The van der Waals surface area contributed by atoms with Gasteiger partial charge in [0.2, 0.25) is 0 Å². The van der Waals surface area contributed by atoms with Gasteiger partial charge in [-0.3, -0.25) is 4.99 Å². The van der Waals surface area contributed by atoms with Gasteiger partial charge in [0.15, 0.2) is 5.96 Å². The topological polar surface area (TPSA) is 36.4 Å². The van der Waals surface area contributed by atoms with Crippen molar-refractivity contribution in [3.63, 3.8) is 0 Å². The summed E-state index contributed by atoms with van der Waals surface area (Å²) in [6, 6.07) is 19.1. The molecule has 2 aromatic carbocycles. The number of benzene rings is 2. The molecule has 0 bridgehead atoms. The highest BCUT2D eigenvalue weighted by Crippen LogP contribution is 2.26. The average molecular weight is 297 g/mol. The lowest BCUT2D eigenvalue weighted by atomic mass is 10.2. The van der Waals surface area contributed by atoms with Crippen molar-refractivity contribution in [2.45, 2.75) is 17.2 Å². The molecular formula is C17H19N3S. The minimum atomic E-state index is 0.809. The van der Waals surface area contributed by atoms with Crippen molar-refractivity contribution >= 4 is 17.7 Å². The Kier molecular flexibility index (Phi) is 4.79. The van der Waals surface area contributed by atoms with E-state index < -0.39 is 0 Å². The summed E-state index contributed by atoms with van der Waals surface area (Å²) >= 11 is 1.88. The predicted molar refractivity (Wildman–Crippen MR) is 89.6 cm³/mol. The van der Waals surface area contributed by atoms with Gasteiger partial charge in [0.1, 0.15) is 0 Å². The van der Waals surface area contributed by atoms with E-state index in [2.05, 4.69) is 70.2 Å². The Morgan fingerprint density at radius 3 is 2.67 bits per heavy atom. The first-order valence-corrected chi connectivity index (χ1v) is 8.17. The molecule has 2 aromatic rings. The highest BCUT2D eigenvalue weighted by Gasteiger charge is 2.06. The third-order valence-electron chi connectivity index (χ3n) is 3.33. The molecule has 0 aliphatic carbocycles. The normalized spacial score (nSPS) is 13.6. The zero-order valence-corrected chi connectivity index (χ0v) is 12.7. The summed E-state index contributed by atoms with van der Waals surface area (Å²) in [6.45, 7) is 2.61. The van der Waals surface area contributed by atoms with Crippen LogP contribution in [0, 0.1) is 0 Å². The molecule has 108 valence electrons. The Bertz CT molecular complexity index is 610. The van der Waals surface area contributed by atoms with Crippen molar-refractivity contribution in [3.8, 4) is 0 Å². The largest absolute Gasteiger partial charge is 0.355 e. The first-order valence-electron chi connectivity index (χ1n) is 7.18. The summed E-state index contributed by atoms with van der Waals surface area (Å²) in [6.07, 6.45) is 0. The van der Waals surface area contributed by atoms with Crippen LogP contribution in [0.4, 0.5) is 0 Å². The minimum Gasteiger partial charge on any atom is -0.355 e. The Labute approximate surface area is 129 Å². The van der Waals surface area contributed by atoms with E-state index in [0.29, 0.717) is 0 Å². The molecule has 0 radical (unpaired) electrons. The second-order valence-electron chi connectivity index (χ2n) is 4.89. The maximum atomic E-state index is 4.36. The molecule has 1 aliphatic heterocycles. The maximum absolute atomic E-state index is 4.36. The molecule has 4 heteroatoms. The van der Waals surface area contributed by atoms with Crippen molar-refractivity contribution in [1.29, 1.82) is 0 Å². The molecule has 0 amide bonds. The van der Waals surface area contributed by atoms with Crippen LogP contribution in [-0.2, 0) is 12.3 Å². The van der Waals surface area contributed by atoms with E-state index in [1.54, 1.807) is 0 Å². The van der Waals surface area contributed by atoms with Crippen LogP contribution >= 0.6 is 11.8 Å². The summed E-state index contributed by atoms with van der Waals surface area (Å²) in [5.74, 6) is 1.91. The van der Waals surface area contributed by atoms with Gasteiger partial charge in [0.05, 0.1) is 6.54 Å². The summed E-state index contributed by atoms with van der Waals surface area (Å²) in [5, 5.41) is 6.60. The van der Waals surface area contributed by atoms with Gasteiger partial charge in [-0.1, -0.05) is 48.5 Å². The predicted octanol–water partition coefficient (Wildman–Crippen LogP) is 3.03. The van der Waals surface area contributed by atoms with Crippen LogP contribution in [0.3, 0.4) is 0 Å². The molecule has 0 saturated heterocycles. The molecule has 0 spiro atoms. The number of thioether (sulfide) groups is 1. The molecule has 3 nitrogen and oxygen atoms in total. The molecule has 0 atom stereocenters. The maximum Gasteiger partial charge on any atom is 0.191 e. The highest BCUT2D eigenvalue weighted by atomic mass is 32.2. The Hall–Kier alpha value is -1.94. The van der Waals surface area contributed by atoms with Crippen molar-refractivity contribution in [3.05, 3.63) is 65.7 Å². The molecule has 0 aromatic heterocycles. The van der Waals surface area contributed by atoms with E-state index >= 15 is 0 Å². The van der Waals surface area contributed by atoms with E-state index in [-0.39, 0.29) is 0 Å². The monoisotopic (exact) mass is 297 g/mol. The molecule has 0 saturated carbocycles. The number of hydrogen-bond acceptors (Lipinski definition) is 4. The van der Waals surface area contributed by atoms with E-state index in [9.17, 15) is 0 Å². The standard InChI is InChI=1S/C17H19N3S/c1-2-6-14(7-3-1)13-21-16-9-5-4-8-15(16)12-20-17-18-10-11-19-17/h1-9H,10-13H2,(H2,18,19,20). The molecule has 2 N–H and O–H groups in total. The molecule has 21 heavy (non-hydrogen) atoms. The first-order chi connectivity index (χ1) is 10.4. The number of nitrogens with zero attached hydrogens (tertiary/aromatic N) is 1. The lowest BCUT2D eigenvalue weighted by Gasteiger charge is -2.11. The van der Waals surface area contributed by atoms with Crippen LogP contribution in [0.25, 0.3) is 0 Å². The summed E-state index contributed by atoms with van der Waals surface area (Å²) in [7, 11) is 0. The average Bonchev–Trinajstić information content (AvgIpc) is 3.06. The number of nitrogens with one attached hydrogen (secondary N) is 2. The van der Waals surface area contributed by atoms with E-state index in [1.165, 1.54) is 16.0 Å². The molecule has 1 aliphatic rings. The smallest absolute Gasteiger partial charge is 0.191 e. The summed E-state index contributed by atoms with van der Waals surface area (Å²) < 4.78 is 0. The van der Waals surface area contributed by atoms with Crippen LogP contribution in [0.5, 0.6) is 0 Å². The van der Waals surface area contributed by atoms with E-state index in [1.807, 2.05) is 11.8 Å². The van der Waals surface area contributed by atoms with Crippen LogP contribution in [0.15, 0.2) is 64.5 Å². The Balaban J connectivity index is 1.62. The minimum absolute atomic E-state index is 0.809. The lowest BCUT2D eigenvalue weighted by Crippen LogP contribution is -2.33. The SMILES string of the molecule is c1ccc(CSc2ccccc2CNC2=NCCN2)cc1. The van der Waals surface area contributed by atoms with Gasteiger partial charge >= 0.3 is 0 Å². The molecule has 0 fully saturated rings. The third-order valence-corrected chi connectivity index (χ3v) is 4.52. The van der Waals surface area contributed by atoms with Gasteiger partial charge in [0.25, 0.3) is 0 Å². The van der Waals surface area contributed by atoms with Gasteiger partial charge < -0.3 is 10.6 Å². The van der Waals surface area contributed by atoms with Crippen molar-refractivity contribution in [2.75, 3.05) is 13.1 Å². The van der Waals surface area contributed by atoms with Crippen LogP contribution < -0.4 is 10.6 Å². The lowest BCUT2D eigenvalue weighted by molar-refractivity contribution is 0.853. The third kappa shape index (κ3) is 4.02. The number of guanidine groups is 1. The zero-order chi connectivity index (χ0) is 14.3. The van der Waals surface area contributed by atoms with Gasteiger partial charge in [-0.05, 0) is 17.2 Å². The second kappa shape index (κ2) is 7.18. The molecular weight excluding hydrogens is 278 g/mol. The fraction of sp³-hybridized carbons (Fsp3) is 0.235. The van der Waals surface area contributed by atoms with Crippen molar-refractivity contribution < 1.29 is 0 Å². The van der Waals surface area contributed by atoms with Crippen molar-refractivity contribution in [1.82, 2.24) is 10.6 Å². The fourth-order valence-electron chi connectivity index (χ4n) is 2.22. The molecule has 1 heterocycles. The molecule has 3 rings (SSSR count). The Morgan fingerprint density at radius 1 is 1.05 bits per heavy atom. The quantitative estimate of drug-likeness (QED) is 0.833. The summed E-state index contributed by atoms with van der Waals surface area (Å²) in [4.78, 5) is 5.69. The first kappa shape index (κ1) is 14.0. The van der Waals surface area contributed by atoms with Crippen LogP contribution in [0.1, 0.15) is 11.1 Å². The number of hydrogen-bond donors (Lipinski definition) is 2. The summed E-state index contributed by atoms with van der Waals surface area (Å²) in [5.41, 5.74) is 2.67. The van der Waals surface area contributed by atoms with E-state index in [0.717, 1.165) is 31.3 Å². The molecule has 0 unspecified atom stereocenters.